The molecular weight excluding hydrogens is 336 g/mol. The molecule has 0 spiro atoms. The molecule has 2 unspecified atom stereocenters. The minimum atomic E-state index is -4.42. The lowest BCUT2D eigenvalue weighted by Crippen LogP contribution is -2.53. The van der Waals surface area contributed by atoms with Crippen LogP contribution in [0, 0.1) is 0 Å². The van der Waals surface area contributed by atoms with Crippen molar-refractivity contribution >= 4 is 32.3 Å². The van der Waals surface area contributed by atoms with Crippen LogP contribution in [0.5, 0.6) is 5.75 Å². The maximum atomic E-state index is 11.6. The zero-order chi connectivity index (χ0) is 14.4. The number of halogens is 1. The zero-order valence-electron chi connectivity index (χ0n) is 10.3. The molecule has 0 saturated carbocycles. The van der Waals surface area contributed by atoms with Crippen molar-refractivity contribution in [2.45, 2.75) is 30.6 Å². The maximum absolute atomic E-state index is 11.6. The first-order valence-electron chi connectivity index (χ1n) is 5.57. The summed E-state index contributed by atoms with van der Waals surface area (Å²) < 4.78 is 38.9. The van der Waals surface area contributed by atoms with Crippen LogP contribution in [0.2, 0.25) is 0 Å². The third-order valence-corrected chi connectivity index (χ3v) is 5.18. The molecule has 0 amide bonds. The molecule has 1 aliphatic rings. The van der Waals surface area contributed by atoms with Gasteiger partial charge in [0.25, 0.3) is 10.1 Å². The number of aldehydes is 1. The molecule has 104 valence electrons. The van der Waals surface area contributed by atoms with Gasteiger partial charge in [0.15, 0.2) is 0 Å². The average Bonchev–Trinajstić information content (AvgIpc) is 2.25. The van der Waals surface area contributed by atoms with E-state index in [0.717, 1.165) is 0 Å². The molecule has 1 aromatic rings. The Balaban J connectivity index is 2.68. The van der Waals surface area contributed by atoms with Crippen LogP contribution >= 0.6 is 15.9 Å². The number of rotatable bonds is 2. The summed E-state index contributed by atoms with van der Waals surface area (Å²) in [5, 5.41) is -1.33. The summed E-state index contributed by atoms with van der Waals surface area (Å²) in [4.78, 5) is 11.3. The monoisotopic (exact) mass is 348 g/mol. The van der Waals surface area contributed by atoms with Crippen LogP contribution in [0.1, 0.15) is 25.3 Å². The molecular formula is C12H13BrO5S. The van der Waals surface area contributed by atoms with Gasteiger partial charge in [-0.2, -0.15) is 8.42 Å². The summed E-state index contributed by atoms with van der Waals surface area (Å²) in [7, 11) is -4.42. The highest BCUT2D eigenvalue weighted by atomic mass is 79.9. The number of carbonyl (C=O) groups excluding carboxylic acids is 1. The van der Waals surface area contributed by atoms with Crippen molar-refractivity contribution in [3.8, 4) is 5.75 Å². The van der Waals surface area contributed by atoms with Crippen molar-refractivity contribution in [1.82, 2.24) is 0 Å². The molecule has 0 aliphatic carbocycles. The largest absolute Gasteiger partial charge is 0.486 e. The van der Waals surface area contributed by atoms with Gasteiger partial charge >= 0.3 is 0 Å². The fraction of sp³-hybridized carbons (Fsp3) is 0.417. The van der Waals surface area contributed by atoms with E-state index in [4.69, 9.17) is 4.74 Å². The highest BCUT2D eigenvalue weighted by molar-refractivity contribution is 9.10. The van der Waals surface area contributed by atoms with Crippen LogP contribution in [-0.2, 0) is 14.9 Å². The van der Waals surface area contributed by atoms with Crippen LogP contribution < -0.4 is 4.74 Å². The van der Waals surface area contributed by atoms with E-state index in [1.54, 1.807) is 18.2 Å². The molecule has 5 nitrogen and oxygen atoms in total. The summed E-state index contributed by atoms with van der Waals surface area (Å²) >= 11 is 3.26. The number of fused-ring (bicyclic) bond motifs is 1. The molecule has 1 aromatic carbocycles. The van der Waals surface area contributed by atoms with Gasteiger partial charge in [0, 0.05) is 10.0 Å². The molecule has 7 heteroatoms. The average molecular weight is 349 g/mol. The first-order chi connectivity index (χ1) is 8.66. The Morgan fingerprint density at radius 1 is 1.42 bits per heavy atom. The lowest BCUT2D eigenvalue weighted by Gasteiger charge is -2.41. The first kappa shape index (κ1) is 14.5. The fourth-order valence-electron chi connectivity index (χ4n) is 2.50. The van der Waals surface area contributed by atoms with Crippen LogP contribution in [0.3, 0.4) is 0 Å². The molecule has 0 aromatic heterocycles. The van der Waals surface area contributed by atoms with Crippen molar-refractivity contribution < 1.29 is 22.5 Å². The zero-order valence-corrected chi connectivity index (χ0v) is 12.7. The summed E-state index contributed by atoms with van der Waals surface area (Å²) in [5.41, 5.74) is -0.744. The third kappa shape index (κ3) is 2.54. The molecule has 1 aliphatic heterocycles. The Kier molecular flexibility index (Phi) is 3.49. The maximum Gasteiger partial charge on any atom is 0.272 e. The summed E-state index contributed by atoms with van der Waals surface area (Å²) in [6.07, 6.45) is 0.536. The highest BCUT2D eigenvalue weighted by Crippen LogP contribution is 2.43. The minimum Gasteiger partial charge on any atom is -0.486 e. The molecule has 19 heavy (non-hydrogen) atoms. The smallest absolute Gasteiger partial charge is 0.272 e. The van der Waals surface area contributed by atoms with Crippen molar-refractivity contribution in [2.75, 3.05) is 0 Å². The number of benzene rings is 1. The molecule has 0 fully saturated rings. The minimum absolute atomic E-state index is 0.449. The fourth-order valence-corrected chi connectivity index (χ4v) is 4.22. The topological polar surface area (TPSA) is 80.7 Å². The Hall–Kier alpha value is -0.920. The van der Waals surface area contributed by atoms with E-state index in [1.165, 1.54) is 13.8 Å². The third-order valence-electron chi connectivity index (χ3n) is 3.18. The second-order valence-electron chi connectivity index (χ2n) is 4.99. The molecule has 0 radical (unpaired) electrons. The predicted molar refractivity (Wildman–Crippen MR) is 73.0 cm³/mol. The quantitative estimate of drug-likeness (QED) is 0.654. The number of carbonyl (C=O) groups is 1. The van der Waals surface area contributed by atoms with E-state index in [-0.39, 0.29) is 0 Å². The van der Waals surface area contributed by atoms with Gasteiger partial charge in [-0.25, -0.2) is 0 Å². The lowest BCUT2D eigenvalue weighted by molar-refractivity contribution is -0.110. The number of hydrogen-bond acceptors (Lipinski definition) is 4. The van der Waals surface area contributed by atoms with Crippen molar-refractivity contribution in [3.05, 3.63) is 28.2 Å². The van der Waals surface area contributed by atoms with Gasteiger partial charge in [-0.1, -0.05) is 15.9 Å². The molecule has 2 rings (SSSR count). The van der Waals surface area contributed by atoms with E-state index in [2.05, 4.69) is 15.9 Å². The van der Waals surface area contributed by atoms with Crippen molar-refractivity contribution in [2.24, 2.45) is 0 Å². The lowest BCUT2D eigenvalue weighted by atomic mass is 9.84. The van der Waals surface area contributed by atoms with Gasteiger partial charge in [-0.05, 0) is 32.0 Å². The van der Waals surface area contributed by atoms with Crippen LogP contribution in [-0.4, -0.2) is 30.1 Å². The summed E-state index contributed by atoms with van der Waals surface area (Å²) in [6, 6.07) is 5.03. The van der Waals surface area contributed by atoms with E-state index in [0.29, 0.717) is 22.1 Å². The van der Waals surface area contributed by atoms with Gasteiger partial charge in [0.05, 0.1) is 5.92 Å². The second kappa shape index (κ2) is 4.57. The predicted octanol–water partition coefficient (Wildman–Crippen LogP) is 2.16. The van der Waals surface area contributed by atoms with Crippen LogP contribution in [0.4, 0.5) is 0 Å². The highest BCUT2D eigenvalue weighted by Gasteiger charge is 2.50. The molecule has 0 saturated heterocycles. The molecule has 2 atom stereocenters. The van der Waals surface area contributed by atoms with E-state index < -0.39 is 26.9 Å². The van der Waals surface area contributed by atoms with Crippen LogP contribution in [0.15, 0.2) is 22.7 Å². The summed E-state index contributed by atoms with van der Waals surface area (Å²) in [5.74, 6) is -0.517. The Morgan fingerprint density at radius 2 is 2.05 bits per heavy atom. The molecule has 1 heterocycles. The van der Waals surface area contributed by atoms with Gasteiger partial charge in [-0.3, -0.25) is 4.55 Å². The summed E-state index contributed by atoms with van der Waals surface area (Å²) in [6.45, 7) is 3.07. The van der Waals surface area contributed by atoms with E-state index in [9.17, 15) is 17.8 Å². The molecule has 0 bridgehead atoms. The van der Waals surface area contributed by atoms with Gasteiger partial charge < -0.3 is 9.53 Å². The SMILES string of the molecule is CC1(C)Oc2ccc(Br)cc2C(C=O)C1S(=O)(=O)O. The van der Waals surface area contributed by atoms with E-state index >= 15 is 0 Å². The standard InChI is InChI=1S/C12H13BrO5S/c1-12(2)11(19(15,16)17)9(6-14)8-5-7(13)3-4-10(8)18-12/h3-6,9,11H,1-2H3,(H,15,16,17). The van der Waals surface area contributed by atoms with Gasteiger partial charge in [-0.15, -0.1) is 0 Å². The molecule has 1 N–H and O–H groups in total. The Labute approximate surface area is 119 Å². The number of hydrogen-bond donors (Lipinski definition) is 1. The second-order valence-corrected chi connectivity index (χ2v) is 7.44. The van der Waals surface area contributed by atoms with Crippen molar-refractivity contribution in [1.29, 1.82) is 0 Å². The normalized spacial score (nSPS) is 25.3. The van der Waals surface area contributed by atoms with E-state index in [1.807, 2.05) is 0 Å². The van der Waals surface area contributed by atoms with Crippen molar-refractivity contribution in [3.63, 3.8) is 0 Å². The van der Waals surface area contributed by atoms with Gasteiger partial charge in [0.2, 0.25) is 0 Å². The van der Waals surface area contributed by atoms with Crippen LogP contribution in [0.25, 0.3) is 0 Å². The Morgan fingerprint density at radius 3 is 2.58 bits per heavy atom. The Bertz CT molecular complexity index is 623. The van der Waals surface area contributed by atoms with Gasteiger partial charge in [0.1, 0.15) is 22.9 Å². The number of ether oxygens (including phenoxy) is 1. The first-order valence-corrected chi connectivity index (χ1v) is 7.86.